The first-order valence-corrected chi connectivity index (χ1v) is 13.2. The van der Waals surface area contributed by atoms with Crippen molar-refractivity contribution in [3.8, 4) is 28.6 Å². The third kappa shape index (κ3) is 5.42. The number of hydrogen-bond acceptors (Lipinski definition) is 10. The fourth-order valence-electron chi connectivity index (χ4n) is 4.28. The van der Waals surface area contributed by atoms with Crippen molar-refractivity contribution in [2.24, 2.45) is 7.05 Å². The second-order valence-corrected chi connectivity index (χ2v) is 10.4. The van der Waals surface area contributed by atoms with Crippen molar-refractivity contribution in [2.45, 2.75) is 38.0 Å². The molecule has 0 aliphatic carbocycles. The Kier molecular flexibility index (Phi) is 8.75. The fourth-order valence-corrected chi connectivity index (χ4v) is 5.15. The highest BCUT2D eigenvalue weighted by Crippen LogP contribution is 2.40. The number of nitrogens with zero attached hydrogens (tertiary/aromatic N) is 7. The van der Waals surface area contributed by atoms with Crippen LogP contribution in [-0.4, -0.2) is 61.1 Å². The molecule has 0 saturated carbocycles. The average Bonchev–Trinajstić information content (AvgIpc) is 3.51. The van der Waals surface area contributed by atoms with Crippen molar-refractivity contribution in [1.82, 2.24) is 34.5 Å². The molecule has 2 atom stereocenters. The van der Waals surface area contributed by atoms with Crippen LogP contribution in [0.25, 0.3) is 17.1 Å². The second kappa shape index (κ2) is 12.0. The Bertz CT molecular complexity index is 1350. The summed E-state index contributed by atoms with van der Waals surface area (Å²) in [7, 11) is 6.77. The maximum absolute atomic E-state index is 5.96. The van der Waals surface area contributed by atoms with E-state index < -0.39 is 6.10 Å². The Labute approximate surface area is 231 Å². The van der Waals surface area contributed by atoms with Crippen LogP contribution in [0.2, 0.25) is 5.02 Å². The minimum Gasteiger partial charge on any atom is -0.494 e. The number of halogens is 1. The predicted octanol–water partition coefficient (Wildman–Crippen LogP) is 5.09. The Morgan fingerprint density at radius 3 is 2.21 bits per heavy atom. The van der Waals surface area contributed by atoms with Gasteiger partial charge in [-0.15, -0.1) is 10.2 Å². The standard InChI is InChI=1S/C25H31ClN8O3S/c1-14(2)20-17(13-29-33(20)4)24-30-31-25(34(24)21-18(35-5)9-8-10-19(21)36-6)32-38-15(3)22(37-7)23-27-11-16(26)12-28-23/h8-15,22H,1-7H3,(H,31,32). The molecule has 0 amide bonds. The highest BCUT2D eigenvalue weighted by Gasteiger charge is 2.28. The largest absolute Gasteiger partial charge is 0.494 e. The van der Waals surface area contributed by atoms with Crippen LogP contribution in [0.1, 0.15) is 44.3 Å². The van der Waals surface area contributed by atoms with Crippen molar-refractivity contribution in [3.63, 3.8) is 0 Å². The maximum Gasteiger partial charge on any atom is 0.239 e. The number of anilines is 1. The number of aryl methyl sites for hydroxylation is 1. The highest BCUT2D eigenvalue weighted by atomic mass is 35.5. The molecule has 4 aromatic rings. The molecule has 0 aliphatic rings. The summed E-state index contributed by atoms with van der Waals surface area (Å²) in [5.74, 6) is 3.02. The predicted molar refractivity (Wildman–Crippen MR) is 148 cm³/mol. The number of methoxy groups -OCH3 is 3. The molecular weight excluding hydrogens is 528 g/mol. The first kappa shape index (κ1) is 27.7. The van der Waals surface area contributed by atoms with Crippen LogP contribution in [0.4, 0.5) is 5.95 Å². The third-order valence-corrected chi connectivity index (χ3v) is 7.09. The first-order valence-electron chi connectivity index (χ1n) is 11.9. The molecule has 1 N–H and O–H groups in total. The molecule has 38 heavy (non-hydrogen) atoms. The van der Waals surface area contributed by atoms with Gasteiger partial charge in [0.25, 0.3) is 0 Å². The smallest absolute Gasteiger partial charge is 0.239 e. The highest BCUT2D eigenvalue weighted by molar-refractivity contribution is 8.01. The SMILES string of the molecule is COc1cccc(OC)c1-n1c(NSC(C)C(OC)c2ncc(Cl)cn2)nnc1-c1cnn(C)c1C(C)C. The zero-order chi connectivity index (χ0) is 27.4. The molecule has 1 aromatic carbocycles. The molecule has 11 nitrogen and oxygen atoms in total. The van der Waals surface area contributed by atoms with Gasteiger partial charge in [0.15, 0.2) is 11.6 Å². The molecule has 0 fully saturated rings. The van der Waals surface area contributed by atoms with E-state index in [2.05, 4.69) is 43.8 Å². The summed E-state index contributed by atoms with van der Waals surface area (Å²) in [4.78, 5) is 8.65. The number of rotatable bonds is 11. The number of hydrogen-bond donors (Lipinski definition) is 1. The second-order valence-electron chi connectivity index (χ2n) is 8.76. The lowest BCUT2D eigenvalue weighted by molar-refractivity contribution is 0.0972. The number of benzene rings is 1. The minimum absolute atomic E-state index is 0.112. The van der Waals surface area contributed by atoms with Gasteiger partial charge < -0.3 is 14.2 Å². The summed E-state index contributed by atoms with van der Waals surface area (Å²) in [5, 5.41) is 13.9. The zero-order valence-electron chi connectivity index (χ0n) is 22.3. The summed E-state index contributed by atoms with van der Waals surface area (Å²) in [6.45, 7) is 6.24. The van der Waals surface area contributed by atoms with E-state index in [9.17, 15) is 0 Å². The van der Waals surface area contributed by atoms with E-state index in [0.717, 1.165) is 11.3 Å². The fraction of sp³-hybridized carbons (Fsp3) is 0.400. The van der Waals surface area contributed by atoms with E-state index in [4.69, 9.17) is 25.8 Å². The van der Waals surface area contributed by atoms with Gasteiger partial charge >= 0.3 is 0 Å². The number of ether oxygens (including phenoxy) is 3. The molecule has 13 heteroatoms. The summed E-state index contributed by atoms with van der Waals surface area (Å²) in [6, 6.07) is 5.60. The minimum atomic E-state index is -0.396. The number of para-hydroxylation sites is 1. The first-order chi connectivity index (χ1) is 18.3. The van der Waals surface area contributed by atoms with Crippen molar-refractivity contribution < 1.29 is 14.2 Å². The molecule has 0 spiro atoms. The van der Waals surface area contributed by atoms with Crippen LogP contribution in [0.15, 0.2) is 36.8 Å². The van der Waals surface area contributed by atoms with Crippen molar-refractivity contribution >= 4 is 29.5 Å². The molecule has 2 unspecified atom stereocenters. The molecule has 0 radical (unpaired) electrons. The van der Waals surface area contributed by atoms with E-state index in [1.165, 1.54) is 11.9 Å². The number of nitrogens with one attached hydrogen (secondary N) is 1. The lowest BCUT2D eigenvalue weighted by atomic mass is 10.1. The van der Waals surface area contributed by atoms with Crippen molar-refractivity contribution in [3.05, 3.63) is 53.3 Å². The molecule has 202 valence electrons. The molecule has 3 aromatic heterocycles. The van der Waals surface area contributed by atoms with Gasteiger partial charge in [-0.3, -0.25) is 14.0 Å². The van der Waals surface area contributed by atoms with Gasteiger partial charge in [0.1, 0.15) is 23.3 Å². The Hall–Kier alpha value is -3.35. The van der Waals surface area contributed by atoms with Crippen LogP contribution in [0.3, 0.4) is 0 Å². The van der Waals surface area contributed by atoms with Crippen LogP contribution in [-0.2, 0) is 11.8 Å². The van der Waals surface area contributed by atoms with E-state index in [1.807, 2.05) is 41.4 Å². The van der Waals surface area contributed by atoms with Crippen molar-refractivity contribution in [1.29, 1.82) is 0 Å². The average molecular weight is 559 g/mol. The summed E-state index contributed by atoms with van der Waals surface area (Å²) in [5.41, 5.74) is 2.55. The monoisotopic (exact) mass is 558 g/mol. The van der Waals surface area contributed by atoms with Crippen LogP contribution in [0.5, 0.6) is 11.5 Å². The Morgan fingerprint density at radius 1 is 0.974 bits per heavy atom. The topological polar surface area (TPSA) is 114 Å². The van der Waals surface area contributed by atoms with Gasteiger partial charge in [-0.2, -0.15) is 5.10 Å². The molecule has 0 aliphatic heterocycles. The van der Waals surface area contributed by atoms with Gasteiger partial charge in [0.05, 0.1) is 41.9 Å². The van der Waals surface area contributed by atoms with Gasteiger partial charge in [0.2, 0.25) is 5.95 Å². The van der Waals surface area contributed by atoms with E-state index in [-0.39, 0.29) is 11.2 Å². The Morgan fingerprint density at radius 2 is 1.63 bits per heavy atom. The third-order valence-electron chi connectivity index (χ3n) is 5.97. The molecule has 3 heterocycles. The normalized spacial score (nSPS) is 13.0. The lowest BCUT2D eigenvalue weighted by Gasteiger charge is -2.22. The van der Waals surface area contributed by atoms with E-state index in [0.29, 0.717) is 39.8 Å². The van der Waals surface area contributed by atoms with Crippen molar-refractivity contribution in [2.75, 3.05) is 26.1 Å². The van der Waals surface area contributed by atoms with Crippen LogP contribution < -0.4 is 14.2 Å². The zero-order valence-corrected chi connectivity index (χ0v) is 23.9. The quantitative estimate of drug-likeness (QED) is 0.250. The summed E-state index contributed by atoms with van der Waals surface area (Å²) in [6.07, 6.45) is 4.51. The van der Waals surface area contributed by atoms with E-state index in [1.54, 1.807) is 39.9 Å². The molecule has 0 bridgehead atoms. The number of aromatic nitrogens is 7. The van der Waals surface area contributed by atoms with Gasteiger partial charge in [0, 0.05) is 26.6 Å². The lowest BCUT2D eigenvalue weighted by Crippen LogP contribution is -2.19. The van der Waals surface area contributed by atoms with Gasteiger partial charge in [-0.05, 0) is 36.9 Å². The summed E-state index contributed by atoms with van der Waals surface area (Å²) < 4.78 is 24.3. The van der Waals surface area contributed by atoms with E-state index >= 15 is 0 Å². The Balaban J connectivity index is 1.78. The molecule has 4 rings (SSSR count). The molecular formula is C25H31ClN8O3S. The van der Waals surface area contributed by atoms with Gasteiger partial charge in [-0.1, -0.05) is 31.5 Å². The molecule has 0 saturated heterocycles. The maximum atomic E-state index is 5.96. The van der Waals surface area contributed by atoms with Crippen LogP contribution >= 0.6 is 23.5 Å². The summed E-state index contributed by atoms with van der Waals surface area (Å²) >= 11 is 7.37. The van der Waals surface area contributed by atoms with Gasteiger partial charge in [-0.25, -0.2) is 9.97 Å². The van der Waals surface area contributed by atoms with Crippen LogP contribution in [0, 0.1) is 0 Å².